The average Bonchev–Trinajstić information content (AvgIpc) is 2.15. The smallest absolute Gasteiger partial charge is 0.140 e. The minimum absolute atomic E-state index is 0.214. The van der Waals surface area contributed by atoms with Crippen molar-refractivity contribution in [2.75, 3.05) is 13.7 Å². The molecule has 1 aromatic heterocycles. The first-order valence-electron chi connectivity index (χ1n) is 3.96. The van der Waals surface area contributed by atoms with Gasteiger partial charge >= 0.3 is 0 Å². The lowest BCUT2D eigenvalue weighted by Gasteiger charge is -2.05. The molecular weight excluding hydrogens is 154 g/mol. The van der Waals surface area contributed by atoms with E-state index in [0.717, 1.165) is 24.2 Å². The van der Waals surface area contributed by atoms with Gasteiger partial charge in [0.15, 0.2) is 0 Å². The molecular formula is C9H13NO2. The van der Waals surface area contributed by atoms with Crippen LogP contribution >= 0.6 is 0 Å². The number of methoxy groups -OCH3 is 1. The highest BCUT2D eigenvalue weighted by Gasteiger charge is 2.00. The molecule has 1 N–H and O–H groups in total. The number of aryl methyl sites for hydroxylation is 1. The van der Waals surface area contributed by atoms with Gasteiger partial charge in [-0.15, -0.1) is 0 Å². The number of hydrogen-bond acceptors (Lipinski definition) is 3. The molecule has 0 amide bonds. The van der Waals surface area contributed by atoms with Crippen molar-refractivity contribution in [3.8, 4) is 5.75 Å². The highest BCUT2D eigenvalue weighted by atomic mass is 16.5. The highest BCUT2D eigenvalue weighted by molar-refractivity contribution is 5.29. The zero-order valence-corrected chi connectivity index (χ0v) is 7.16. The first-order chi connectivity index (χ1) is 5.88. The normalized spacial score (nSPS) is 9.83. The predicted molar refractivity (Wildman–Crippen MR) is 46.2 cm³/mol. The van der Waals surface area contributed by atoms with Crippen molar-refractivity contribution in [3.05, 3.63) is 24.0 Å². The summed E-state index contributed by atoms with van der Waals surface area (Å²) in [5, 5.41) is 8.63. The summed E-state index contributed by atoms with van der Waals surface area (Å²) in [7, 11) is 1.62. The van der Waals surface area contributed by atoms with E-state index in [9.17, 15) is 0 Å². The van der Waals surface area contributed by atoms with Crippen LogP contribution in [0, 0.1) is 0 Å². The predicted octanol–water partition coefficient (Wildman–Crippen LogP) is 1.02. The SMILES string of the molecule is COc1cnccc1CCCO. The number of aromatic nitrogens is 1. The van der Waals surface area contributed by atoms with Crippen LogP contribution in [-0.4, -0.2) is 23.8 Å². The Labute approximate surface area is 72.0 Å². The molecule has 3 heteroatoms. The third kappa shape index (κ3) is 2.20. The monoisotopic (exact) mass is 167 g/mol. The summed E-state index contributed by atoms with van der Waals surface area (Å²) < 4.78 is 5.10. The quantitative estimate of drug-likeness (QED) is 0.727. The molecule has 0 atom stereocenters. The van der Waals surface area contributed by atoms with Gasteiger partial charge in [-0.25, -0.2) is 0 Å². The van der Waals surface area contributed by atoms with E-state index < -0.39 is 0 Å². The number of nitrogens with zero attached hydrogens (tertiary/aromatic N) is 1. The molecule has 1 heterocycles. The van der Waals surface area contributed by atoms with Gasteiger partial charge in [0.1, 0.15) is 5.75 Å². The Morgan fingerprint density at radius 3 is 3.08 bits per heavy atom. The van der Waals surface area contributed by atoms with Crippen LogP contribution in [0.5, 0.6) is 5.75 Å². The van der Waals surface area contributed by atoms with E-state index in [1.54, 1.807) is 19.5 Å². The Hall–Kier alpha value is -1.09. The van der Waals surface area contributed by atoms with Crippen LogP contribution in [0.15, 0.2) is 18.5 Å². The van der Waals surface area contributed by atoms with E-state index in [2.05, 4.69) is 4.98 Å². The fourth-order valence-corrected chi connectivity index (χ4v) is 1.07. The first kappa shape index (κ1) is 9.00. The van der Waals surface area contributed by atoms with Gasteiger partial charge in [0.2, 0.25) is 0 Å². The fraction of sp³-hybridized carbons (Fsp3) is 0.444. The summed E-state index contributed by atoms with van der Waals surface area (Å²) in [6.07, 6.45) is 5.02. The third-order valence-corrected chi connectivity index (χ3v) is 1.69. The molecule has 0 aromatic carbocycles. The zero-order valence-electron chi connectivity index (χ0n) is 7.16. The summed E-state index contributed by atoms with van der Waals surface area (Å²) in [6.45, 7) is 0.214. The van der Waals surface area contributed by atoms with Crippen molar-refractivity contribution in [1.29, 1.82) is 0 Å². The maximum atomic E-state index is 8.63. The third-order valence-electron chi connectivity index (χ3n) is 1.69. The Morgan fingerprint density at radius 2 is 2.42 bits per heavy atom. The van der Waals surface area contributed by atoms with E-state index in [1.165, 1.54) is 0 Å². The van der Waals surface area contributed by atoms with Gasteiger partial charge < -0.3 is 9.84 Å². The molecule has 66 valence electrons. The number of rotatable bonds is 4. The zero-order chi connectivity index (χ0) is 8.81. The van der Waals surface area contributed by atoms with Crippen molar-refractivity contribution < 1.29 is 9.84 Å². The molecule has 0 saturated carbocycles. The summed E-state index contributed by atoms with van der Waals surface area (Å²) in [5.74, 6) is 0.797. The molecule has 0 saturated heterocycles. The molecule has 0 aliphatic heterocycles. The molecule has 3 nitrogen and oxygen atoms in total. The van der Waals surface area contributed by atoms with E-state index >= 15 is 0 Å². The minimum atomic E-state index is 0.214. The number of aliphatic hydroxyl groups is 1. The van der Waals surface area contributed by atoms with Crippen molar-refractivity contribution in [2.45, 2.75) is 12.8 Å². The van der Waals surface area contributed by atoms with Gasteiger partial charge in [0.25, 0.3) is 0 Å². The first-order valence-corrected chi connectivity index (χ1v) is 3.96. The second kappa shape index (κ2) is 4.72. The molecule has 1 aromatic rings. The van der Waals surface area contributed by atoms with Gasteiger partial charge in [-0.2, -0.15) is 0 Å². The van der Waals surface area contributed by atoms with E-state index in [0.29, 0.717) is 0 Å². The number of ether oxygens (including phenoxy) is 1. The Kier molecular flexibility index (Phi) is 3.54. The Morgan fingerprint density at radius 1 is 1.58 bits per heavy atom. The molecule has 0 aliphatic carbocycles. The molecule has 12 heavy (non-hydrogen) atoms. The molecule has 0 spiro atoms. The van der Waals surface area contributed by atoms with Crippen LogP contribution in [0.25, 0.3) is 0 Å². The summed E-state index contributed by atoms with van der Waals surface area (Å²) in [6, 6.07) is 1.91. The minimum Gasteiger partial charge on any atom is -0.495 e. The standard InChI is InChI=1S/C9H13NO2/c1-12-9-7-10-5-4-8(9)3-2-6-11/h4-5,7,11H,2-3,6H2,1H3. The van der Waals surface area contributed by atoms with Gasteiger partial charge in [-0.05, 0) is 24.5 Å². The molecule has 0 unspecified atom stereocenters. The van der Waals surface area contributed by atoms with Crippen molar-refractivity contribution in [1.82, 2.24) is 4.98 Å². The fourth-order valence-electron chi connectivity index (χ4n) is 1.07. The van der Waals surface area contributed by atoms with Crippen molar-refractivity contribution >= 4 is 0 Å². The number of hydrogen-bond donors (Lipinski definition) is 1. The average molecular weight is 167 g/mol. The summed E-state index contributed by atoms with van der Waals surface area (Å²) in [4.78, 5) is 3.94. The second-order valence-corrected chi connectivity index (χ2v) is 2.51. The van der Waals surface area contributed by atoms with Crippen LogP contribution in [0.1, 0.15) is 12.0 Å². The lowest BCUT2D eigenvalue weighted by Crippen LogP contribution is -1.94. The van der Waals surface area contributed by atoms with Gasteiger partial charge in [0.05, 0.1) is 13.3 Å². The number of aliphatic hydroxyl groups excluding tert-OH is 1. The maximum absolute atomic E-state index is 8.63. The largest absolute Gasteiger partial charge is 0.495 e. The van der Waals surface area contributed by atoms with Crippen LogP contribution < -0.4 is 4.74 Å². The van der Waals surface area contributed by atoms with E-state index in [1.807, 2.05) is 6.07 Å². The highest BCUT2D eigenvalue weighted by Crippen LogP contribution is 2.16. The van der Waals surface area contributed by atoms with Crippen molar-refractivity contribution in [2.24, 2.45) is 0 Å². The van der Waals surface area contributed by atoms with Crippen LogP contribution in [0.3, 0.4) is 0 Å². The Balaban J connectivity index is 2.68. The summed E-state index contributed by atoms with van der Waals surface area (Å²) >= 11 is 0. The van der Waals surface area contributed by atoms with E-state index in [4.69, 9.17) is 9.84 Å². The topological polar surface area (TPSA) is 42.4 Å². The van der Waals surface area contributed by atoms with Gasteiger partial charge in [-0.1, -0.05) is 0 Å². The van der Waals surface area contributed by atoms with Crippen molar-refractivity contribution in [3.63, 3.8) is 0 Å². The van der Waals surface area contributed by atoms with Gasteiger partial charge in [0, 0.05) is 12.8 Å². The molecule has 0 bridgehead atoms. The van der Waals surface area contributed by atoms with Gasteiger partial charge in [-0.3, -0.25) is 4.98 Å². The lowest BCUT2D eigenvalue weighted by atomic mass is 10.1. The Bertz CT molecular complexity index is 238. The number of pyridine rings is 1. The van der Waals surface area contributed by atoms with E-state index in [-0.39, 0.29) is 6.61 Å². The molecule has 0 fully saturated rings. The van der Waals surface area contributed by atoms with Crippen LogP contribution in [0.4, 0.5) is 0 Å². The molecule has 0 aliphatic rings. The lowest BCUT2D eigenvalue weighted by molar-refractivity contribution is 0.287. The summed E-state index contributed by atoms with van der Waals surface area (Å²) in [5.41, 5.74) is 1.10. The van der Waals surface area contributed by atoms with Crippen LogP contribution in [-0.2, 0) is 6.42 Å². The second-order valence-electron chi connectivity index (χ2n) is 2.51. The maximum Gasteiger partial charge on any atom is 0.140 e. The van der Waals surface area contributed by atoms with Crippen LogP contribution in [0.2, 0.25) is 0 Å². The molecule has 0 radical (unpaired) electrons. The molecule has 1 rings (SSSR count).